The van der Waals surface area contributed by atoms with E-state index in [4.69, 9.17) is 0 Å². The summed E-state index contributed by atoms with van der Waals surface area (Å²) in [5, 5.41) is 1.80. The average molecular weight is 350 g/mol. The molecule has 2 heterocycles. The predicted molar refractivity (Wildman–Crippen MR) is 79.5 cm³/mol. The van der Waals surface area contributed by atoms with E-state index in [1.54, 1.807) is 35.7 Å². The highest BCUT2D eigenvalue weighted by Crippen LogP contribution is 2.36. The summed E-state index contributed by atoms with van der Waals surface area (Å²) in [6.07, 6.45) is 0. The van der Waals surface area contributed by atoms with Crippen molar-refractivity contribution in [2.24, 2.45) is 0 Å². The first-order chi connectivity index (χ1) is 9.59. The van der Waals surface area contributed by atoms with E-state index in [0.29, 0.717) is 20.6 Å². The maximum Gasteiger partial charge on any atom is 0.299 e. The molecule has 20 heavy (non-hydrogen) atoms. The molecule has 0 aliphatic carbocycles. The lowest BCUT2D eigenvalue weighted by Gasteiger charge is -2.16. The van der Waals surface area contributed by atoms with Gasteiger partial charge in [0, 0.05) is 4.47 Å². The number of benzene rings is 1. The first-order valence-corrected chi connectivity index (χ1v) is 7.48. The van der Waals surface area contributed by atoms with Gasteiger partial charge in [0.2, 0.25) is 0 Å². The van der Waals surface area contributed by atoms with Crippen LogP contribution in [0.25, 0.3) is 0 Å². The van der Waals surface area contributed by atoms with Gasteiger partial charge in [-0.3, -0.25) is 19.3 Å². The van der Waals surface area contributed by atoms with Crippen LogP contribution in [0.5, 0.6) is 0 Å². The molecule has 1 aromatic carbocycles. The first kappa shape index (κ1) is 13.2. The SMILES string of the molecule is O=C(CN1C(=O)C(=O)c2cccc(Br)c21)c1cccs1. The zero-order valence-electron chi connectivity index (χ0n) is 10.1. The molecule has 0 N–H and O–H groups in total. The van der Waals surface area contributed by atoms with E-state index in [1.807, 2.05) is 0 Å². The number of ketones is 2. The fraction of sp³-hybridized carbons (Fsp3) is 0.0714. The highest BCUT2D eigenvalue weighted by molar-refractivity contribution is 9.10. The molecule has 1 aromatic heterocycles. The number of nitrogens with zero attached hydrogens (tertiary/aromatic N) is 1. The minimum absolute atomic E-state index is 0.124. The largest absolute Gasteiger partial charge is 0.299 e. The lowest BCUT2D eigenvalue weighted by atomic mass is 10.1. The quantitative estimate of drug-likeness (QED) is 0.632. The zero-order chi connectivity index (χ0) is 14.3. The van der Waals surface area contributed by atoms with Crippen molar-refractivity contribution in [2.75, 3.05) is 11.4 Å². The second-order valence-corrected chi connectivity index (χ2v) is 6.06. The van der Waals surface area contributed by atoms with Gasteiger partial charge in [0.1, 0.15) is 0 Å². The second-order valence-electron chi connectivity index (χ2n) is 4.26. The lowest BCUT2D eigenvalue weighted by Crippen LogP contribution is -2.34. The Morgan fingerprint density at radius 2 is 2.00 bits per heavy atom. The Labute approximate surface area is 127 Å². The van der Waals surface area contributed by atoms with Crippen molar-refractivity contribution in [2.45, 2.75) is 0 Å². The lowest BCUT2D eigenvalue weighted by molar-refractivity contribution is -0.114. The Morgan fingerprint density at radius 3 is 2.70 bits per heavy atom. The molecule has 0 fully saturated rings. The van der Waals surface area contributed by atoms with Gasteiger partial charge in [-0.25, -0.2) is 0 Å². The van der Waals surface area contributed by atoms with Crippen LogP contribution in [0.15, 0.2) is 40.2 Å². The van der Waals surface area contributed by atoms with E-state index in [9.17, 15) is 14.4 Å². The fourth-order valence-corrected chi connectivity index (χ4v) is 3.36. The molecule has 1 aliphatic heterocycles. The number of thiophene rings is 1. The number of carbonyl (C=O) groups excluding carboxylic acids is 3. The minimum Gasteiger partial charge on any atom is -0.296 e. The summed E-state index contributed by atoms with van der Waals surface area (Å²) in [7, 11) is 0. The summed E-state index contributed by atoms with van der Waals surface area (Å²) < 4.78 is 0.633. The standard InChI is InChI=1S/C14H8BrNO3S/c15-9-4-1-3-8-12(9)16(14(19)13(8)18)7-10(17)11-5-2-6-20-11/h1-6H,7H2. The van der Waals surface area contributed by atoms with Crippen LogP contribution < -0.4 is 4.90 Å². The molecule has 0 spiro atoms. The van der Waals surface area contributed by atoms with Crippen molar-refractivity contribution in [3.8, 4) is 0 Å². The third-order valence-corrected chi connectivity index (χ3v) is 4.59. The van der Waals surface area contributed by atoms with Gasteiger partial charge in [0.15, 0.2) is 5.78 Å². The Morgan fingerprint density at radius 1 is 1.20 bits per heavy atom. The number of para-hydroxylation sites is 1. The van der Waals surface area contributed by atoms with E-state index in [1.165, 1.54) is 16.2 Å². The second kappa shape index (κ2) is 4.96. The Hall–Kier alpha value is -1.79. The topological polar surface area (TPSA) is 54.5 Å². The molecule has 0 atom stereocenters. The van der Waals surface area contributed by atoms with Gasteiger partial charge in [0.25, 0.3) is 11.7 Å². The van der Waals surface area contributed by atoms with Gasteiger partial charge >= 0.3 is 0 Å². The molecule has 3 rings (SSSR count). The molecule has 0 unspecified atom stereocenters. The van der Waals surface area contributed by atoms with Crippen molar-refractivity contribution in [3.05, 3.63) is 50.6 Å². The predicted octanol–water partition coefficient (Wildman–Crippen LogP) is 2.92. The molecule has 1 amide bonds. The van der Waals surface area contributed by atoms with Crippen molar-refractivity contribution < 1.29 is 14.4 Å². The molecular formula is C14H8BrNO3S. The van der Waals surface area contributed by atoms with Crippen LogP contribution in [0.4, 0.5) is 5.69 Å². The molecule has 2 aromatic rings. The first-order valence-electron chi connectivity index (χ1n) is 5.81. The van der Waals surface area contributed by atoms with Gasteiger partial charge in [0.05, 0.1) is 22.7 Å². The highest BCUT2D eigenvalue weighted by atomic mass is 79.9. The summed E-state index contributed by atoms with van der Waals surface area (Å²) in [5.74, 6) is -1.40. The normalized spacial score (nSPS) is 13.8. The number of hydrogen-bond donors (Lipinski definition) is 0. The number of Topliss-reactive ketones (excluding diaryl/α,β-unsaturated/α-hetero) is 2. The van der Waals surface area contributed by atoms with Crippen molar-refractivity contribution in [1.29, 1.82) is 0 Å². The number of hydrogen-bond acceptors (Lipinski definition) is 4. The number of halogens is 1. The van der Waals surface area contributed by atoms with Gasteiger partial charge in [-0.15, -0.1) is 11.3 Å². The molecule has 6 heteroatoms. The Balaban J connectivity index is 1.97. The number of anilines is 1. The van der Waals surface area contributed by atoms with Crippen LogP contribution >= 0.6 is 27.3 Å². The maximum atomic E-state index is 12.1. The smallest absolute Gasteiger partial charge is 0.296 e. The summed E-state index contributed by atoms with van der Waals surface area (Å²) in [6.45, 7) is -0.124. The van der Waals surface area contributed by atoms with Gasteiger partial charge < -0.3 is 0 Å². The third-order valence-electron chi connectivity index (χ3n) is 3.04. The molecule has 0 bridgehead atoms. The zero-order valence-corrected chi connectivity index (χ0v) is 12.5. The van der Waals surface area contributed by atoms with Gasteiger partial charge in [-0.1, -0.05) is 12.1 Å². The summed E-state index contributed by atoms with van der Waals surface area (Å²) in [5.41, 5.74) is 0.816. The third kappa shape index (κ3) is 2.01. The molecular weight excluding hydrogens is 342 g/mol. The van der Waals surface area contributed by atoms with Crippen LogP contribution in [-0.4, -0.2) is 24.0 Å². The summed E-state index contributed by atoms with van der Waals surface area (Å²) in [6, 6.07) is 8.51. The van der Waals surface area contributed by atoms with Crippen LogP contribution in [0.1, 0.15) is 20.0 Å². The Bertz CT molecular complexity index is 724. The van der Waals surface area contributed by atoms with Crippen molar-refractivity contribution in [1.82, 2.24) is 0 Å². The van der Waals surface area contributed by atoms with Crippen molar-refractivity contribution in [3.63, 3.8) is 0 Å². The van der Waals surface area contributed by atoms with E-state index in [0.717, 1.165) is 0 Å². The molecule has 1 aliphatic rings. The molecule has 0 saturated carbocycles. The number of fused-ring (bicyclic) bond motifs is 1. The van der Waals surface area contributed by atoms with Crippen LogP contribution in [-0.2, 0) is 4.79 Å². The number of rotatable bonds is 3. The highest BCUT2D eigenvalue weighted by Gasteiger charge is 2.38. The minimum atomic E-state index is -0.656. The molecule has 0 radical (unpaired) electrons. The van der Waals surface area contributed by atoms with E-state index in [-0.39, 0.29) is 12.3 Å². The van der Waals surface area contributed by atoms with Crippen LogP contribution in [0.2, 0.25) is 0 Å². The maximum absolute atomic E-state index is 12.1. The molecule has 4 nitrogen and oxygen atoms in total. The van der Waals surface area contributed by atoms with Gasteiger partial charge in [-0.2, -0.15) is 0 Å². The Kier molecular flexibility index (Phi) is 3.27. The number of amides is 1. The monoisotopic (exact) mass is 349 g/mol. The van der Waals surface area contributed by atoms with Crippen LogP contribution in [0.3, 0.4) is 0 Å². The summed E-state index contributed by atoms with van der Waals surface area (Å²) in [4.78, 5) is 37.9. The summed E-state index contributed by atoms with van der Waals surface area (Å²) >= 11 is 4.64. The fourth-order valence-electron chi connectivity index (χ4n) is 2.12. The molecule has 100 valence electrons. The van der Waals surface area contributed by atoms with E-state index in [2.05, 4.69) is 15.9 Å². The van der Waals surface area contributed by atoms with E-state index < -0.39 is 11.7 Å². The van der Waals surface area contributed by atoms with Crippen LogP contribution in [0, 0.1) is 0 Å². The average Bonchev–Trinajstić information content (AvgIpc) is 3.03. The van der Waals surface area contributed by atoms with E-state index >= 15 is 0 Å². The van der Waals surface area contributed by atoms with Gasteiger partial charge in [-0.05, 0) is 39.5 Å². The molecule has 0 saturated heterocycles. The number of carbonyl (C=O) groups is 3. The van der Waals surface area contributed by atoms with Crippen molar-refractivity contribution >= 4 is 50.4 Å².